The van der Waals surface area contributed by atoms with Gasteiger partial charge < -0.3 is 10.8 Å². The smallest absolute Gasteiger partial charge is 0.254 e. The molecule has 1 aliphatic rings. The van der Waals surface area contributed by atoms with Crippen LogP contribution >= 0.6 is 0 Å². The van der Waals surface area contributed by atoms with Crippen LogP contribution in [-0.2, 0) is 0 Å². The summed E-state index contributed by atoms with van der Waals surface area (Å²) in [6.07, 6.45) is -0.843. The predicted molar refractivity (Wildman–Crippen MR) is 41.9 cm³/mol. The number of aliphatic hydroxyl groups excluding tert-OH is 1. The number of halogens is 2. The lowest BCUT2D eigenvalue weighted by Crippen LogP contribution is -2.34. The minimum Gasteiger partial charge on any atom is -0.392 e. The summed E-state index contributed by atoms with van der Waals surface area (Å²) in [6, 6.07) is -0.432. The lowest BCUT2D eigenvalue weighted by atomic mass is 9.97. The highest BCUT2D eigenvalue weighted by Gasteiger charge is 2.67. The van der Waals surface area contributed by atoms with E-state index >= 15 is 0 Å². The normalized spacial score (nSPS) is 37.5. The Labute approximate surface area is 70.8 Å². The second-order valence-corrected chi connectivity index (χ2v) is 4.07. The fourth-order valence-electron chi connectivity index (χ4n) is 1.31. The van der Waals surface area contributed by atoms with Gasteiger partial charge in [-0.25, -0.2) is 8.78 Å². The van der Waals surface area contributed by atoms with Gasteiger partial charge in [0.1, 0.15) is 0 Å². The SMILES string of the molecule is CC(N)C(O)CC1(C)CC1(F)F. The van der Waals surface area contributed by atoms with Crippen molar-refractivity contribution in [1.29, 1.82) is 0 Å². The van der Waals surface area contributed by atoms with Crippen LogP contribution in [-0.4, -0.2) is 23.2 Å². The van der Waals surface area contributed by atoms with Crippen molar-refractivity contribution in [1.82, 2.24) is 0 Å². The van der Waals surface area contributed by atoms with Crippen molar-refractivity contribution in [2.75, 3.05) is 0 Å². The molecule has 0 amide bonds. The first kappa shape index (κ1) is 9.86. The van der Waals surface area contributed by atoms with Crippen LogP contribution in [0.2, 0.25) is 0 Å². The molecule has 0 heterocycles. The zero-order valence-electron chi connectivity index (χ0n) is 7.35. The molecule has 3 unspecified atom stereocenters. The average molecular weight is 179 g/mol. The van der Waals surface area contributed by atoms with Gasteiger partial charge in [-0.2, -0.15) is 0 Å². The van der Waals surface area contributed by atoms with Crippen molar-refractivity contribution in [3.05, 3.63) is 0 Å². The molecule has 0 spiro atoms. The van der Waals surface area contributed by atoms with Gasteiger partial charge in [-0.15, -0.1) is 0 Å². The highest BCUT2D eigenvalue weighted by Crippen LogP contribution is 2.62. The second kappa shape index (κ2) is 2.64. The fourth-order valence-corrected chi connectivity index (χ4v) is 1.31. The van der Waals surface area contributed by atoms with Crippen LogP contribution < -0.4 is 5.73 Å². The van der Waals surface area contributed by atoms with E-state index in [1.165, 1.54) is 6.92 Å². The van der Waals surface area contributed by atoms with Crippen molar-refractivity contribution in [2.24, 2.45) is 11.1 Å². The molecule has 3 atom stereocenters. The third kappa shape index (κ3) is 1.59. The van der Waals surface area contributed by atoms with Crippen molar-refractivity contribution in [3.8, 4) is 0 Å². The lowest BCUT2D eigenvalue weighted by molar-refractivity contribution is 0.0372. The number of aliphatic hydroxyl groups is 1. The van der Waals surface area contributed by atoms with Crippen LogP contribution in [0, 0.1) is 5.41 Å². The number of hydrogen-bond acceptors (Lipinski definition) is 2. The van der Waals surface area contributed by atoms with E-state index in [9.17, 15) is 13.9 Å². The Morgan fingerprint density at radius 3 is 2.25 bits per heavy atom. The summed E-state index contributed by atoms with van der Waals surface area (Å²) in [4.78, 5) is 0. The third-order valence-corrected chi connectivity index (χ3v) is 2.64. The number of rotatable bonds is 3. The molecule has 1 saturated carbocycles. The van der Waals surface area contributed by atoms with E-state index in [0.717, 1.165) is 0 Å². The van der Waals surface area contributed by atoms with Crippen molar-refractivity contribution in [3.63, 3.8) is 0 Å². The Morgan fingerprint density at radius 2 is 2.00 bits per heavy atom. The molecule has 0 aromatic heterocycles. The Morgan fingerprint density at radius 1 is 1.58 bits per heavy atom. The first-order valence-corrected chi connectivity index (χ1v) is 4.10. The third-order valence-electron chi connectivity index (χ3n) is 2.64. The monoisotopic (exact) mass is 179 g/mol. The summed E-state index contributed by atoms with van der Waals surface area (Å²) in [6.45, 7) is 3.10. The molecule has 1 aliphatic carbocycles. The molecular formula is C8H15F2NO. The quantitative estimate of drug-likeness (QED) is 0.682. The number of alkyl halides is 2. The maximum atomic E-state index is 12.7. The molecular weight excluding hydrogens is 164 g/mol. The summed E-state index contributed by atoms with van der Waals surface area (Å²) < 4.78 is 25.3. The second-order valence-electron chi connectivity index (χ2n) is 4.07. The summed E-state index contributed by atoms with van der Waals surface area (Å²) in [5.41, 5.74) is 4.35. The maximum Gasteiger partial charge on any atom is 0.254 e. The largest absolute Gasteiger partial charge is 0.392 e. The summed E-state index contributed by atoms with van der Waals surface area (Å²) in [5.74, 6) is -2.59. The van der Waals surface area contributed by atoms with Crippen LogP contribution in [0.4, 0.5) is 8.78 Å². The Hall–Kier alpha value is -0.220. The number of hydrogen-bond donors (Lipinski definition) is 2. The molecule has 0 saturated heterocycles. The van der Waals surface area contributed by atoms with Crippen LogP contribution in [0.5, 0.6) is 0 Å². The molecule has 0 aliphatic heterocycles. The number of nitrogens with two attached hydrogens (primary N) is 1. The highest BCUT2D eigenvalue weighted by molar-refractivity contribution is 5.08. The van der Waals surface area contributed by atoms with Crippen LogP contribution in [0.15, 0.2) is 0 Å². The Balaban J connectivity index is 2.44. The Kier molecular flexibility index (Phi) is 2.17. The molecule has 3 N–H and O–H groups in total. The summed E-state index contributed by atoms with van der Waals surface area (Å²) in [5, 5.41) is 9.28. The van der Waals surface area contributed by atoms with Gasteiger partial charge in [-0.05, 0) is 13.3 Å². The van der Waals surface area contributed by atoms with Crippen molar-refractivity contribution >= 4 is 0 Å². The topological polar surface area (TPSA) is 46.2 Å². The van der Waals surface area contributed by atoms with Crippen LogP contribution in [0.1, 0.15) is 26.7 Å². The van der Waals surface area contributed by atoms with E-state index in [4.69, 9.17) is 5.73 Å². The van der Waals surface area contributed by atoms with Crippen LogP contribution in [0.3, 0.4) is 0 Å². The molecule has 0 aromatic rings. The van der Waals surface area contributed by atoms with Crippen LogP contribution in [0.25, 0.3) is 0 Å². The lowest BCUT2D eigenvalue weighted by Gasteiger charge is -2.18. The predicted octanol–water partition coefficient (Wildman–Crippen LogP) is 1.13. The van der Waals surface area contributed by atoms with Crippen molar-refractivity contribution in [2.45, 2.75) is 44.8 Å². The van der Waals surface area contributed by atoms with E-state index < -0.39 is 23.5 Å². The molecule has 1 rings (SSSR count). The maximum absolute atomic E-state index is 12.7. The summed E-state index contributed by atoms with van der Waals surface area (Å²) in [7, 11) is 0. The molecule has 12 heavy (non-hydrogen) atoms. The molecule has 0 bridgehead atoms. The molecule has 1 fully saturated rings. The Bertz CT molecular complexity index is 184. The van der Waals surface area contributed by atoms with E-state index in [-0.39, 0.29) is 12.8 Å². The van der Waals surface area contributed by atoms with E-state index in [2.05, 4.69) is 0 Å². The standard InChI is InChI=1S/C8H15F2NO/c1-5(11)6(12)3-7(2)4-8(7,9)10/h5-6,12H,3-4,11H2,1-2H3. The van der Waals surface area contributed by atoms with Gasteiger partial charge >= 0.3 is 0 Å². The molecule has 4 heteroatoms. The fraction of sp³-hybridized carbons (Fsp3) is 1.00. The van der Waals surface area contributed by atoms with E-state index in [1.807, 2.05) is 0 Å². The first-order chi connectivity index (χ1) is 5.28. The van der Waals surface area contributed by atoms with Gasteiger partial charge in [0.2, 0.25) is 0 Å². The zero-order valence-corrected chi connectivity index (χ0v) is 7.35. The first-order valence-electron chi connectivity index (χ1n) is 4.10. The van der Waals surface area contributed by atoms with Gasteiger partial charge in [0, 0.05) is 17.9 Å². The molecule has 0 radical (unpaired) electrons. The van der Waals surface area contributed by atoms with E-state index in [1.54, 1.807) is 6.92 Å². The highest BCUT2D eigenvalue weighted by atomic mass is 19.3. The average Bonchev–Trinajstić information content (AvgIpc) is 2.30. The molecule has 0 aromatic carbocycles. The molecule has 2 nitrogen and oxygen atoms in total. The zero-order chi connectivity index (χ0) is 9.57. The van der Waals surface area contributed by atoms with Gasteiger partial charge in [0.05, 0.1) is 6.10 Å². The minimum atomic E-state index is -2.59. The van der Waals surface area contributed by atoms with E-state index in [0.29, 0.717) is 0 Å². The molecule has 72 valence electrons. The summed E-state index contributed by atoms with van der Waals surface area (Å²) >= 11 is 0. The van der Waals surface area contributed by atoms with Gasteiger partial charge in [-0.3, -0.25) is 0 Å². The minimum absolute atomic E-state index is 0.0949. The van der Waals surface area contributed by atoms with Gasteiger partial charge in [0.15, 0.2) is 0 Å². The van der Waals surface area contributed by atoms with Crippen molar-refractivity contribution < 1.29 is 13.9 Å². The van der Waals surface area contributed by atoms with Gasteiger partial charge in [-0.1, -0.05) is 6.92 Å². The van der Waals surface area contributed by atoms with Gasteiger partial charge in [0.25, 0.3) is 5.92 Å².